The Hall–Kier alpha value is -1.75. The number of nitrogens with one attached hydrogen (secondary N) is 1. The van der Waals surface area contributed by atoms with Crippen molar-refractivity contribution >= 4 is 34.3 Å². The van der Waals surface area contributed by atoms with Crippen LogP contribution in [0.5, 0.6) is 0 Å². The molecule has 2 N–H and O–H groups in total. The lowest BCUT2D eigenvalue weighted by molar-refractivity contribution is 0.0691. The molecule has 0 unspecified atom stereocenters. The van der Waals surface area contributed by atoms with E-state index in [0.29, 0.717) is 5.52 Å². The van der Waals surface area contributed by atoms with Gasteiger partial charge in [0.1, 0.15) is 0 Å². The Kier molecular flexibility index (Phi) is 5.87. The Morgan fingerprint density at radius 2 is 2.10 bits per heavy atom. The second-order valence-corrected chi connectivity index (χ2v) is 5.84. The van der Waals surface area contributed by atoms with Crippen LogP contribution >= 0.6 is 11.8 Å². The van der Waals surface area contributed by atoms with Gasteiger partial charge in [-0.25, -0.2) is 9.78 Å². The molecule has 1 heterocycles. The summed E-state index contributed by atoms with van der Waals surface area (Å²) < 4.78 is 0. The van der Waals surface area contributed by atoms with Crippen LogP contribution in [-0.4, -0.2) is 34.6 Å². The maximum atomic E-state index is 11.2. The third-order valence-corrected chi connectivity index (χ3v) is 3.97. The smallest absolute Gasteiger partial charge is 0.354 e. The first-order chi connectivity index (χ1) is 10.2. The molecule has 4 nitrogen and oxygen atoms in total. The number of hydrogen-bond acceptors (Lipinski definition) is 4. The van der Waals surface area contributed by atoms with E-state index in [1.54, 1.807) is 6.07 Å². The minimum Gasteiger partial charge on any atom is -0.477 e. The maximum absolute atomic E-state index is 11.2. The van der Waals surface area contributed by atoms with Crippen molar-refractivity contribution in [3.05, 3.63) is 36.0 Å². The fourth-order valence-electron chi connectivity index (χ4n) is 2.20. The highest BCUT2D eigenvalue weighted by molar-refractivity contribution is 7.98. The number of nitrogens with zero attached hydrogens (tertiary/aromatic N) is 1. The van der Waals surface area contributed by atoms with Crippen LogP contribution in [0.3, 0.4) is 0 Å². The van der Waals surface area contributed by atoms with Crippen LogP contribution < -0.4 is 5.32 Å². The predicted octanol–water partition coefficient (Wildman–Crippen LogP) is 3.88. The molecular formula is C16H20N2O2S. The number of hydrogen-bond donors (Lipinski definition) is 2. The summed E-state index contributed by atoms with van der Waals surface area (Å²) in [6, 6.07) is 9.23. The number of para-hydroxylation sites is 1. The van der Waals surface area contributed by atoms with E-state index in [2.05, 4.69) is 16.6 Å². The van der Waals surface area contributed by atoms with Crippen molar-refractivity contribution in [3.63, 3.8) is 0 Å². The molecule has 0 spiro atoms. The molecule has 0 bridgehead atoms. The standard InChI is InChI=1S/C16H20N2O2S/c1-21-10-6-2-5-9-17-14-11-15(16(19)20)18-13-8-4-3-7-12(13)14/h3-4,7-8,11H,2,5-6,9-10H2,1H3,(H,17,18)(H,19,20). The Labute approximate surface area is 129 Å². The summed E-state index contributed by atoms with van der Waals surface area (Å²) >= 11 is 1.87. The van der Waals surface area contributed by atoms with Gasteiger partial charge in [0.2, 0.25) is 0 Å². The van der Waals surface area contributed by atoms with Gasteiger partial charge in [0.05, 0.1) is 5.52 Å². The first-order valence-corrected chi connectivity index (χ1v) is 8.47. The number of carboxylic acids is 1. The summed E-state index contributed by atoms with van der Waals surface area (Å²) in [6.45, 7) is 0.849. The van der Waals surface area contributed by atoms with E-state index in [9.17, 15) is 4.79 Å². The second-order valence-electron chi connectivity index (χ2n) is 4.86. The van der Waals surface area contributed by atoms with Gasteiger partial charge in [0.15, 0.2) is 5.69 Å². The minimum atomic E-state index is -0.997. The average molecular weight is 304 g/mol. The Morgan fingerprint density at radius 1 is 1.29 bits per heavy atom. The number of carbonyl (C=O) groups is 1. The Balaban J connectivity index is 2.08. The number of fused-ring (bicyclic) bond motifs is 1. The quantitative estimate of drug-likeness (QED) is 0.725. The number of aromatic carboxylic acids is 1. The fourth-order valence-corrected chi connectivity index (χ4v) is 2.70. The van der Waals surface area contributed by atoms with Crippen molar-refractivity contribution in [2.75, 3.05) is 23.9 Å². The van der Waals surface area contributed by atoms with Gasteiger partial charge in [0, 0.05) is 17.6 Å². The van der Waals surface area contributed by atoms with E-state index < -0.39 is 5.97 Å². The van der Waals surface area contributed by atoms with Gasteiger partial charge >= 0.3 is 5.97 Å². The maximum Gasteiger partial charge on any atom is 0.354 e. The molecule has 2 rings (SSSR count). The zero-order valence-corrected chi connectivity index (χ0v) is 12.9. The molecule has 1 aromatic carbocycles. The lowest BCUT2D eigenvalue weighted by Crippen LogP contribution is -2.06. The van der Waals surface area contributed by atoms with Crippen molar-refractivity contribution in [1.29, 1.82) is 0 Å². The van der Waals surface area contributed by atoms with Crippen molar-refractivity contribution in [3.8, 4) is 0 Å². The molecule has 21 heavy (non-hydrogen) atoms. The third kappa shape index (κ3) is 4.36. The van der Waals surface area contributed by atoms with Crippen LogP contribution in [0.2, 0.25) is 0 Å². The monoisotopic (exact) mass is 304 g/mol. The van der Waals surface area contributed by atoms with E-state index in [1.807, 2.05) is 36.0 Å². The molecule has 0 aliphatic rings. The lowest BCUT2D eigenvalue weighted by atomic mass is 10.1. The van der Waals surface area contributed by atoms with Crippen LogP contribution in [0, 0.1) is 0 Å². The zero-order chi connectivity index (χ0) is 15.1. The number of rotatable bonds is 8. The molecule has 0 atom stereocenters. The molecule has 0 saturated heterocycles. The highest BCUT2D eigenvalue weighted by atomic mass is 32.2. The molecule has 1 aromatic heterocycles. The first-order valence-electron chi connectivity index (χ1n) is 7.08. The summed E-state index contributed by atoms with van der Waals surface area (Å²) in [5.74, 6) is 0.199. The van der Waals surface area contributed by atoms with Crippen LogP contribution in [0.25, 0.3) is 10.9 Å². The molecule has 0 aliphatic heterocycles. The normalized spacial score (nSPS) is 10.7. The SMILES string of the molecule is CSCCCCCNc1cc(C(=O)O)nc2ccccc12. The van der Waals surface area contributed by atoms with E-state index in [4.69, 9.17) is 5.11 Å². The number of anilines is 1. The number of carboxylic acid groups (broad SMARTS) is 1. The molecule has 5 heteroatoms. The van der Waals surface area contributed by atoms with Gasteiger partial charge in [-0.2, -0.15) is 11.8 Å². The molecular weight excluding hydrogens is 284 g/mol. The summed E-state index contributed by atoms with van der Waals surface area (Å²) in [5.41, 5.74) is 1.64. The van der Waals surface area contributed by atoms with Crippen molar-refractivity contribution in [2.45, 2.75) is 19.3 Å². The van der Waals surface area contributed by atoms with Crippen LogP contribution in [0.1, 0.15) is 29.8 Å². The van der Waals surface area contributed by atoms with Crippen LogP contribution in [0.4, 0.5) is 5.69 Å². The molecule has 0 saturated carbocycles. The van der Waals surface area contributed by atoms with Gasteiger partial charge in [0.25, 0.3) is 0 Å². The van der Waals surface area contributed by atoms with Gasteiger partial charge in [-0.05, 0) is 37.0 Å². The molecule has 112 valence electrons. The summed E-state index contributed by atoms with van der Waals surface area (Å²) in [4.78, 5) is 15.3. The molecule has 0 radical (unpaired) electrons. The highest BCUT2D eigenvalue weighted by Gasteiger charge is 2.10. The number of pyridine rings is 1. The van der Waals surface area contributed by atoms with Crippen LogP contribution in [-0.2, 0) is 0 Å². The van der Waals surface area contributed by atoms with E-state index in [0.717, 1.165) is 24.0 Å². The van der Waals surface area contributed by atoms with Crippen molar-refractivity contribution in [1.82, 2.24) is 4.98 Å². The van der Waals surface area contributed by atoms with E-state index >= 15 is 0 Å². The summed E-state index contributed by atoms with van der Waals surface area (Å²) in [7, 11) is 0. The van der Waals surface area contributed by atoms with E-state index in [-0.39, 0.29) is 5.69 Å². The van der Waals surface area contributed by atoms with E-state index in [1.165, 1.54) is 18.6 Å². The topological polar surface area (TPSA) is 62.2 Å². The number of thioether (sulfide) groups is 1. The van der Waals surface area contributed by atoms with Crippen molar-refractivity contribution < 1.29 is 9.90 Å². The largest absolute Gasteiger partial charge is 0.477 e. The van der Waals surface area contributed by atoms with Gasteiger partial charge < -0.3 is 10.4 Å². The summed E-state index contributed by atoms with van der Waals surface area (Å²) in [6.07, 6.45) is 5.61. The van der Waals surface area contributed by atoms with Gasteiger partial charge in [-0.1, -0.05) is 24.6 Å². The Morgan fingerprint density at radius 3 is 2.86 bits per heavy atom. The molecule has 0 amide bonds. The number of unbranched alkanes of at least 4 members (excludes halogenated alkanes) is 2. The molecule has 0 aliphatic carbocycles. The first kappa shape index (κ1) is 15.6. The second kappa shape index (κ2) is 7.88. The fraction of sp³-hybridized carbons (Fsp3) is 0.375. The highest BCUT2D eigenvalue weighted by Crippen LogP contribution is 2.23. The summed E-state index contributed by atoms with van der Waals surface area (Å²) in [5, 5.41) is 13.5. The van der Waals surface area contributed by atoms with Gasteiger partial charge in [-0.15, -0.1) is 0 Å². The predicted molar refractivity (Wildman–Crippen MR) is 89.4 cm³/mol. The number of aromatic nitrogens is 1. The average Bonchev–Trinajstić information content (AvgIpc) is 2.50. The van der Waals surface area contributed by atoms with Gasteiger partial charge in [-0.3, -0.25) is 0 Å². The lowest BCUT2D eigenvalue weighted by Gasteiger charge is -2.10. The Bertz CT molecular complexity index is 616. The number of benzene rings is 1. The van der Waals surface area contributed by atoms with Crippen LogP contribution in [0.15, 0.2) is 30.3 Å². The van der Waals surface area contributed by atoms with Crippen molar-refractivity contribution in [2.24, 2.45) is 0 Å². The molecule has 2 aromatic rings. The third-order valence-electron chi connectivity index (χ3n) is 3.28. The zero-order valence-electron chi connectivity index (χ0n) is 12.1. The minimum absolute atomic E-state index is 0.0820. The molecule has 0 fully saturated rings.